The lowest BCUT2D eigenvalue weighted by Gasteiger charge is -2.17. The Morgan fingerprint density at radius 3 is 2.56 bits per heavy atom. The van der Waals surface area contributed by atoms with Crippen LogP contribution in [-0.2, 0) is 10.9 Å². The largest absolute Gasteiger partial charge is 0.416 e. The zero-order chi connectivity index (χ0) is 12.3. The molecule has 1 N–H and O–H groups in total. The number of alkyl halides is 3. The summed E-state index contributed by atoms with van der Waals surface area (Å²) in [4.78, 5) is 0. The summed E-state index contributed by atoms with van der Waals surface area (Å²) in [7, 11) is 1.31. The van der Waals surface area contributed by atoms with E-state index < -0.39 is 17.8 Å². The molecule has 0 aliphatic rings. The topological polar surface area (TPSA) is 29.5 Å². The molecule has 1 aromatic rings. The Morgan fingerprint density at radius 1 is 1.44 bits per heavy atom. The van der Waals surface area contributed by atoms with Crippen LogP contribution < -0.4 is 0 Å². The molecule has 0 aliphatic carbocycles. The lowest BCUT2D eigenvalue weighted by Crippen LogP contribution is -2.14. The maximum Gasteiger partial charge on any atom is 0.416 e. The first kappa shape index (κ1) is 13.5. The van der Waals surface area contributed by atoms with Gasteiger partial charge in [0, 0.05) is 11.6 Å². The van der Waals surface area contributed by atoms with E-state index in [0.29, 0.717) is 4.47 Å². The van der Waals surface area contributed by atoms with E-state index in [2.05, 4.69) is 20.7 Å². The number of halogens is 4. The van der Waals surface area contributed by atoms with Crippen LogP contribution in [0.3, 0.4) is 0 Å². The number of hydrogen-bond acceptors (Lipinski definition) is 2. The number of ether oxygens (including phenoxy) is 1. The number of methoxy groups -OCH3 is 1. The molecule has 0 radical (unpaired) electrons. The van der Waals surface area contributed by atoms with Gasteiger partial charge in [-0.2, -0.15) is 13.2 Å². The summed E-state index contributed by atoms with van der Waals surface area (Å²) in [6.45, 7) is -0.176. The molecule has 1 rings (SSSR count). The monoisotopic (exact) mass is 298 g/mol. The van der Waals surface area contributed by atoms with Crippen LogP contribution in [0.1, 0.15) is 17.2 Å². The Morgan fingerprint density at radius 2 is 2.06 bits per heavy atom. The lowest BCUT2D eigenvalue weighted by molar-refractivity contribution is -0.139. The highest BCUT2D eigenvalue weighted by Gasteiger charge is 2.35. The van der Waals surface area contributed by atoms with Crippen molar-refractivity contribution in [3.05, 3.63) is 33.8 Å². The van der Waals surface area contributed by atoms with Crippen LogP contribution in [0.25, 0.3) is 0 Å². The van der Waals surface area contributed by atoms with Crippen molar-refractivity contribution < 1.29 is 23.0 Å². The number of hydrogen-bond donors (Lipinski definition) is 1. The van der Waals surface area contributed by atoms with Gasteiger partial charge in [0.15, 0.2) is 0 Å². The van der Waals surface area contributed by atoms with Gasteiger partial charge >= 0.3 is 6.18 Å². The molecule has 1 unspecified atom stereocenters. The summed E-state index contributed by atoms with van der Waals surface area (Å²) in [5, 5.41) is 9.52. The van der Waals surface area contributed by atoms with Gasteiger partial charge < -0.3 is 9.84 Å². The first-order valence-electron chi connectivity index (χ1n) is 4.40. The Bertz CT molecular complexity index is 366. The van der Waals surface area contributed by atoms with Gasteiger partial charge in [-0.1, -0.05) is 22.0 Å². The van der Waals surface area contributed by atoms with Crippen molar-refractivity contribution in [3.8, 4) is 0 Å². The van der Waals surface area contributed by atoms with Gasteiger partial charge in [0.25, 0.3) is 0 Å². The summed E-state index contributed by atoms with van der Waals surface area (Å²) >= 11 is 2.96. The zero-order valence-corrected chi connectivity index (χ0v) is 9.97. The number of aliphatic hydroxyl groups is 1. The average Bonchev–Trinajstić information content (AvgIpc) is 2.16. The molecule has 1 aromatic carbocycles. The van der Waals surface area contributed by atoms with Crippen molar-refractivity contribution in [1.82, 2.24) is 0 Å². The van der Waals surface area contributed by atoms with Crippen molar-refractivity contribution >= 4 is 15.9 Å². The second-order valence-corrected chi connectivity index (χ2v) is 4.12. The van der Waals surface area contributed by atoms with Gasteiger partial charge in [0.05, 0.1) is 12.2 Å². The highest BCUT2D eigenvalue weighted by atomic mass is 79.9. The standard InChI is InChI=1S/C10H10BrF3O2/c1-16-5-9(15)7-3-2-6(11)4-8(7)10(12,13)14/h2-4,9,15H,5H2,1H3. The summed E-state index contributed by atoms with van der Waals surface area (Å²) in [6.07, 6.45) is -5.77. The second kappa shape index (κ2) is 5.16. The molecule has 16 heavy (non-hydrogen) atoms. The molecule has 0 saturated carbocycles. The Labute approximate surface area is 99.2 Å². The summed E-state index contributed by atoms with van der Waals surface area (Å²) < 4.78 is 42.9. The summed E-state index contributed by atoms with van der Waals surface area (Å²) in [6, 6.07) is 3.62. The highest BCUT2D eigenvalue weighted by molar-refractivity contribution is 9.10. The predicted octanol–water partition coefficient (Wildman–Crippen LogP) is 3.15. The molecule has 0 saturated heterocycles. The molecule has 0 fully saturated rings. The Kier molecular flexibility index (Phi) is 4.35. The normalized spacial score (nSPS) is 13.9. The van der Waals surface area contributed by atoms with Gasteiger partial charge in [0.1, 0.15) is 6.10 Å². The van der Waals surface area contributed by atoms with Crippen molar-refractivity contribution in [1.29, 1.82) is 0 Å². The van der Waals surface area contributed by atoms with Crippen LogP contribution in [0.5, 0.6) is 0 Å². The maximum atomic E-state index is 12.7. The second-order valence-electron chi connectivity index (χ2n) is 3.20. The van der Waals surface area contributed by atoms with Crippen LogP contribution in [0, 0.1) is 0 Å². The average molecular weight is 299 g/mol. The molecular formula is C10H10BrF3O2. The number of aliphatic hydroxyl groups excluding tert-OH is 1. The molecule has 0 heterocycles. The van der Waals surface area contributed by atoms with Gasteiger partial charge in [0.2, 0.25) is 0 Å². The lowest BCUT2D eigenvalue weighted by atomic mass is 10.0. The third kappa shape index (κ3) is 3.20. The van der Waals surface area contributed by atoms with E-state index in [4.69, 9.17) is 0 Å². The molecule has 0 spiro atoms. The van der Waals surface area contributed by atoms with Gasteiger partial charge in [-0.15, -0.1) is 0 Å². The van der Waals surface area contributed by atoms with E-state index in [9.17, 15) is 18.3 Å². The van der Waals surface area contributed by atoms with Crippen molar-refractivity contribution in [3.63, 3.8) is 0 Å². The van der Waals surface area contributed by atoms with Gasteiger partial charge in [-0.25, -0.2) is 0 Å². The predicted molar refractivity (Wildman–Crippen MR) is 56.0 cm³/mol. The van der Waals surface area contributed by atoms with Crippen molar-refractivity contribution in [2.24, 2.45) is 0 Å². The van der Waals surface area contributed by atoms with E-state index in [0.717, 1.165) is 6.07 Å². The van der Waals surface area contributed by atoms with E-state index in [1.165, 1.54) is 19.2 Å². The SMILES string of the molecule is COCC(O)c1ccc(Br)cc1C(F)(F)F. The van der Waals surface area contributed by atoms with Crippen molar-refractivity contribution in [2.45, 2.75) is 12.3 Å². The molecular weight excluding hydrogens is 289 g/mol. The van der Waals surface area contributed by atoms with Gasteiger partial charge in [-0.05, 0) is 17.7 Å². The molecule has 0 aliphatic heterocycles. The first-order chi connectivity index (χ1) is 7.36. The molecule has 0 amide bonds. The molecule has 0 bridgehead atoms. The van der Waals surface area contributed by atoms with E-state index in [-0.39, 0.29) is 12.2 Å². The quantitative estimate of drug-likeness (QED) is 0.929. The molecule has 6 heteroatoms. The number of rotatable bonds is 3. The zero-order valence-electron chi connectivity index (χ0n) is 8.38. The van der Waals surface area contributed by atoms with E-state index >= 15 is 0 Å². The minimum Gasteiger partial charge on any atom is -0.386 e. The molecule has 90 valence electrons. The van der Waals surface area contributed by atoms with Gasteiger partial charge in [-0.3, -0.25) is 0 Å². The van der Waals surface area contributed by atoms with Crippen LogP contribution in [-0.4, -0.2) is 18.8 Å². The van der Waals surface area contributed by atoms with E-state index in [1.807, 2.05) is 0 Å². The minimum absolute atomic E-state index is 0.176. The van der Waals surface area contributed by atoms with Crippen LogP contribution in [0.15, 0.2) is 22.7 Å². The van der Waals surface area contributed by atoms with Crippen LogP contribution in [0.2, 0.25) is 0 Å². The molecule has 0 aromatic heterocycles. The fraction of sp³-hybridized carbons (Fsp3) is 0.400. The first-order valence-corrected chi connectivity index (χ1v) is 5.19. The van der Waals surface area contributed by atoms with Crippen LogP contribution in [0.4, 0.5) is 13.2 Å². The highest BCUT2D eigenvalue weighted by Crippen LogP contribution is 2.36. The van der Waals surface area contributed by atoms with Crippen molar-refractivity contribution in [2.75, 3.05) is 13.7 Å². The molecule has 2 nitrogen and oxygen atoms in total. The summed E-state index contributed by atoms with van der Waals surface area (Å²) in [5.41, 5.74) is -1.04. The fourth-order valence-electron chi connectivity index (χ4n) is 1.31. The molecule has 1 atom stereocenters. The third-order valence-electron chi connectivity index (χ3n) is 2.00. The maximum absolute atomic E-state index is 12.7. The minimum atomic E-state index is -4.49. The third-order valence-corrected chi connectivity index (χ3v) is 2.50. The fourth-order valence-corrected chi connectivity index (χ4v) is 1.67. The van der Waals surface area contributed by atoms with Crippen LogP contribution >= 0.6 is 15.9 Å². The Hall–Kier alpha value is -0.590. The van der Waals surface area contributed by atoms with E-state index in [1.54, 1.807) is 0 Å². The summed E-state index contributed by atoms with van der Waals surface area (Å²) in [5.74, 6) is 0. The number of benzene rings is 1. The Balaban J connectivity index is 3.18. The smallest absolute Gasteiger partial charge is 0.386 e.